The van der Waals surface area contributed by atoms with Crippen LogP contribution in [0.3, 0.4) is 0 Å². The number of fused-ring (bicyclic) bond motifs is 2. The van der Waals surface area contributed by atoms with Crippen LogP contribution in [-0.2, 0) is 39.9 Å². The van der Waals surface area contributed by atoms with Crippen molar-refractivity contribution < 1.29 is 36.7 Å². The second-order valence-corrected chi connectivity index (χ2v) is 9.73. The Morgan fingerprint density at radius 2 is 1.87 bits per heavy atom. The summed E-state index contributed by atoms with van der Waals surface area (Å²) in [5.74, 6) is -2.48. The van der Waals surface area contributed by atoms with E-state index in [0.717, 1.165) is 35.7 Å². The first-order chi connectivity index (χ1) is 18.4. The number of halogens is 4. The number of nitrogens with zero attached hydrogens (tertiary/aromatic N) is 4. The summed E-state index contributed by atoms with van der Waals surface area (Å²) in [5, 5.41) is 4.15. The number of carbonyl (C=O) groups is 3. The van der Waals surface area contributed by atoms with Crippen molar-refractivity contribution in [3.63, 3.8) is 0 Å². The maximum absolute atomic E-state index is 13.6. The van der Waals surface area contributed by atoms with E-state index in [1.165, 1.54) is 12.1 Å². The summed E-state index contributed by atoms with van der Waals surface area (Å²) in [4.78, 5) is 40.5. The number of hydrogen-bond acceptors (Lipinski definition) is 5. The molecule has 0 saturated carbocycles. The number of aromatic nitrogens is 2. The molecule has 8 nitrogen and oxygen atoms in total. The highest BCUT2D eigenvalue weighted by Crippen LogP contribution is 2.46. The van der Waals surface area contributed by atoms with Crippen molar-refractivity contribution in [1.29, 1.82) is 0 Å². The summed E-state index contributed by atoms with van der Waals surface area (Å²) in [7, 11) is 1.79. The maximum atomic E-state index is 13.6. The number of carbonyl (C=O) groups excluding carboxylic acids is 3. The highest BCUT2D eigenvalue weighted by molar-refractivity contribution is 6.06. The largest absolute Gasteiger partial charge is 0.427 e. The molecule has 2 aliphatic rings. The number of ether oxygens (including phenoxy) is 1. The molecule has 1 aliphatic heterocycles. The molecule has 1 unspecified atom stereocenters. The molecule has 1 saturated heterocycles. The quantitative estimate of drug-likeness (QED) is 0.432. The van der Waals surface area contributed by atoms with Gasteiger partial charge in [-0.05, 0) is 42.2 Å². The fourth-order valence-electron chi connectivity index (χ4n) is 5.03. The Balaban J connectivity index is 1.39. The number of hydrogen-bond donors (Lipinski definition) is 0. The highest BCUT2D eigenvalue weighted by atomic mass is 19.4. The molecule has 0 bridgehead atoms. The van der Waals surface area contributed by atoms with Crippen molar-refractivity contribution in [3.05, 3.63) is 77.4 Å². The van der Waals surface area contributed by atoms with E-state index in [-0.39, 0.29) is 12.0 Å². The number of rotatable bonds is 6. The van der Waals surface area contributed by atoms with Gasteiger partial charge in [0.2, 0.25) is 11.5 Å². The molecule has 1 fully saturated rings. The zero-order chi connectivity index (χ0) is 28.1. The SMILES string of the molecule is CC(N(Cc1ccc(F)cc1)C(=O)CN1C(=O)O[C@@]2(CCc3cc(-c4cnn(C)c4)ccc32)C1=O)C(F)(F)F. The summed E-state index contributed by atoms with van der Waals surface area (Å²) in [6, 6.07) is 7.77. The molecule has 1 aromatic heterocycles. The minimum atomic E-state index is -4.77. The van der Waals surface area contributed by atoms with Crippen molar-refractivity contribution >= 4 is 17.9 Å². The van der Waals surface area contributed by atoms with Crippen LogP contribution in [0.1, 0.15) is 30.0 Å². The normalized spacial score (nSPS) is 19.4. The molecule has 0 N–H and O–H groups in total. The smallest absolute Gasteiger partial charge is 0.418 e. The lowest BCUT2D eigenvalue weighted by molar-refractivity contribution is -0.187. The van der Waals surface area contributed by atoms with E-state index in [2.05, 4.69) is 5.10 Å². The van der Waals surface area contributed by atoms with Crippen LogP contribution in [-0.4, -0.2) is 56.3 Å². The van der Waals surface area contributed by atoms with Gasteiger partial charge >= 0.3 is 12.3 Å². The Morgan fingerprint density at radius 3 is 2.51 bits per heavy atom. The minimum absolute atomic E-state index is 0.145. The monoisotopic (exact) mass is 544 g/mol. The van der Waals surface area contributed by atoms with Gasteiger partial charge in [-0.15, -0.1) is 0 Å². The lowest BCUT2D eigenvalue weighted by Crippen LogP contribution is -2.51. The van der Waals surface area contributed by atoms with Gasteiger partial charge in [-0.3, -0.25) is 14.3 Å². The van der Waals surface area contributed by atoms with Gasteiger partial charge in [0.15, 0.2) is 0 Å². The predicted molar refractivity (Wildman–Crippen MR) is 129 cm³/mol. The van der Waals surface area contributed by atoms with Gasteiger partial charge in [-0.25, -0.2) is 14.1 Å². The van der Waals surface area contributed by atoms with Crippen LogP contribution < -0.4 is 0 Å². The average molecular weight is 545 g/mol. The molecule has 2 aromatic carbocycles. The van der Waals surface area contributed by atoms with Crippen LogP contribution in [0.2, 0.25) is 0 Å². The Morgan fingerprint density at radius 1 is 1.15 bits per heavy atom. The lowest BCUT2D eigenvalue weighted by atomic mass is 9.93. The average Bonchev–Trinajstić information content (AvgIpc) is 3.55. The van der Waals surface area contributed by atoms with Gasteiger partial charge in [0.05, 0.1) is 6.20 Å². The Hall–Kier alpha value is -4.22. The summed E-state index contributed by atoms with van der Waals surface area (Å²) in [6.45, 7) is -0.619. The van der Waals surface area contributed by atoms with Gasteiger partial charge in [-0.1, -0.05) is 30.3 Å². The van der Waals surface area contributed by atoms with E-state index in [1.807, 2.05) is 12.3 Å². The van der Waals surface area contributed by atoms with Gasteiger partial charge in [0.25, 0.3) is 5.91 Å². The topological polar surface area (TPSA) is 84.7 Å². The van der Waals surface area contributed by atoms with Crippen molar-refractivity contribution in [2.24, 2.45) is 7.05 Å². The first kappa shape index (κ1) is 26.4. The van der Waals surface area contributed by atoms with E-state index in [0.29, 0.717) is 21.8 Å². The van der Waals surface area contributed by atoms with E-state index in [4.69, 9.17) is 4.74 Å². The molecule has 3 aromatic rings. The number of aryl methyl sites for hydroxylation is 2. The Kier molecular flexibility index (Phi) is 6.44. The maximum Gasteiger partial charge on any atom is 0.418 e. The second kappa shape index (κ2) is 9.51. The number of imide groups is 1. The summed E-state index contributed by atoms with van der Waals surface area (Å²) in [6.07, 6.45) is -1.78. The fraction of sp³-hybridized carbons (Fsp3) is 0.333. The summed E-state index contributed by atoms with van der Waals surface area (Å²) < 4.78 is 61.4. The zero-order valence-corrected chi connectivity index (χ0v) is 21.0. The van der Waals surface area contributed by atoms with Crippen molar-refractivity contribution in [2.75, 3.05) is 6.54 Å². The molecule has 1 spiro atoms. The van der Waals surface area contributed by atoms with Gasteiger partial charge in [0.1, 0.15) is 18.4 Å². The highest BCUT2D eigenvalue weighted by Gasteiger charge is 2.58. The van der Waals surface area contributed by atoms with E-state index in [1.54, 1.807) is 30.1 Å². The number of alkyl halides is 3. The Labute approximate surface area is 220 Å². The molecule has 2 atom stereocenters. The van der Waals surface area contributed by atoms with Gasteiger partial charge in [-0.2, -0.15) is 18.3 Å². The van der Waals surface area contributed by atoms with Crippen LogP contribution in [0, 0.1) is 5.82 Å². The van der Waals surface area contributed by atoms with E-state index >= 15 is 0 Å². The standard InChI is InChI=1S/C27H24F4N4O4/c1-16(27(29,30)31)34(13-17-3-6-21(28)7-4-17)23(36)15-35-24(37)26(39-25(35)38)10-9-19-11-18(5-8-22(19)26)20-12-32-33(2)14-20/h3-8,11-12,14,16H,9-10,13,15H2,1-2H3/t16?,26-/m1/s1. The molecule has 2 heterocycles. The first-order valence-electron chi connectivity index (χ1n) is 12.2. The Bertz CT molecular complexity index is 1450. The van der Waals surface area contributed by atoms with Gasteiger partial charge < -0.3 is 9.64 Å². The molecule has 204 valence electrons. The third-order valence-corrected chi connectivity index (χ3v) is 7.22. The van der Waals surface area contributed by atoms with Crippen LogP contribution in [0.15, 0.2) is 54.9 Å². The molecule has 0 radical (unpaired) electrons. The first-order valence-corrected chi connectivity index (χ1v) is 12.2. The predicted octanol–water partition coefficient (Wildman–Crippen LogP) is 4.33. The zero-order valence-electron chi connectivity index (χ0n) is 21.0. The molecular formula is C27H24F4N4O4. The molecule has 5 rings (SSSR count). The molecule has 39 heavy (non-hydrogen) atoms. The molecule has 3 amide bonds. The lowest BCUT2D eigenvalue weighted by Gasteiger charge is -2.31. The van der Waals surface area contributed by atoms with Crippen molar-refractivity contribution in [2.45, 2.75) is 44.1 Å². The molecule has 12 heteroatoms. The number of benzene rings is 2. The number of amides is 3. The van der Waals surface area contributed by atoms with Crippen LogP contribution in [0.25, 0.3) is 11.1 Å². The summed E-state index contributed by atoms with van der Waals surface area (Å²) >= 11 is 0. The third kappa shape index (κ3) is 4.75. The minimum Gasteiger partial charge on any atom is -0.427 e. The fourth-order valence-corrected chi connectivity index (χ4v) is 5.03. The van der Waals surface area contributed by atoms with Gasteiger partial charge in [0, 0.05) is 37.3 Å². The van der Waals surface area contributed by atoms with E-state index in [9.17, 15) is 31.9 Å². The van der Waals surface area contributed by atoms with Crippen LogP contribution in [0.5, 0.6) is 0 Å². The molecular weight excluding hydrogens is 520 g/mol. The second-order valence-electron chi connectivity index (χ2n) is 9.73. The van der Waals surface area contributed by atoms with E-state index < -0.39 is 54.6 Å². The molecule has 1 aliphatic carbocycles. The summed E-state index contributed by atoms with van der Waals surface area (Å²) in [5.41, 5.74) is 1.60. The van der Waals surface area contributed by atoms with Crippen LogP contribution >= 0.6 is 0 Å². The third-order valence-electron chi connectivity index (χ3n) is 7.22. The van der Waals surface area contributed by atoms with Crippen molar-refractivity contribution in [1.82, 2.24) is 19.6 Å². The van der Waals surface area contributed by atoms with Crippen molar-refractivity contribution in [3.8, 4) is 11.1 Å². The van der Waals surface area contributed by atoms with Crippen LogP contribution in [0.4, 0.5) is 22.4 Å².